The molecule has 2 N–H and O–H groups in total. The highest BCUT2D eigenvalue weighted by Crippen LogP contribution is 2.35. The smallest absolute Gasteiger partial charge is 0.220 e. The maximum atomic E-state index is 11.7. The molecule has 2 fully saturated rings. The summed E-state index contributed by atoms with van der Waals surface area (Å²) in [5, 5.41) is 6.45. The second kappa shape index (κ2) is 9.10. The number of nitrogens with zero attached hydrogens (tertiary/aromatic N) is 5. The van der Waals surface area contributed by atoms with Crippen molar-refractivity contribution in [2.45, 2.75) is 32.7 Å². The highest BCUT2D eigenvalue weighted by Gasteiger charge is 2.42. The molecule has 9 heteroatoms. The zero-order valence-corrected chi connectivity index (χ0v) is 19.2. The van der Waals surface area contributed by atoms with E-state index in [0.29, 0.717) is 13.0 Å². The number of imidazole rings is 1. The summed E-state index contributed by atoms with van der Waals surface area (Å²) in [6.45, 7) is 5.22. The summed E-state index contributed by atoms with van der Waals surface area (Å²) in [7, 11) is 1.81. The SMILES string of the molecule is CN=C(NCc1ccc(-n2ccnc2C)nc1)N1CCCC2(CNC(=O)C2)C1.I. The van der Waals surface area contributed by atoms with Crippen LogP contribution in [0.15, 0.2) is 35.7 Å². The van der Waals surface area contributed by atoms with Gasteiger partial charge in [-0.25, -0.2) is 9.97 Å². The third kappa shape index (κ3) is 4.71. The Morgan fingerprint density at radius 2 is 2.24 bits per heavy atom. The number of piperidine rings is 1. The zero-order chi connectivity index (χ0) is 19.6. The van der Waals surface area contributed by atoms with E-state index in [4.69, 9.17) is 0 Å². The number of halogens is 1. The zero-order valence-electron chi connectivity index (χ0n) is 16.9. The molecular formula is C20H28IN7O. The van der Waals surface area contributed by atoms with Gasteiger partial charge in [0.2, 0.25) is 5.91 Å². The van der Waals surface area contributed by atoms with E-state index in [0.717, 1.165) is 55.6 Å². The first-order valence-electron chi connectivity index (χ1n) is 9.76. The summed E-state index contributed by atoms with van der Waals surface area (Å²) < 4.78 is 1.96. The van der Waals surface area contributed by atoms with Crippen LogP contribution >= 0.6 is 24.0 Å². The molecule has 156 valence electrons. The first-order valence-corrected chi connectivity index (χ1v) is 9.76. The number of likely N-dealkylation sites (tertiary alicyclic amines) is 1. The van der Waals surface area contributed by atoms with Crippen molar-refractivity contribution < 1.29 is 4.79 Å². The Bertz CT molecular complexity index is 879. The molecular weight excluding hydrogens is 481 g/mol. The van der Waals surface area contributed by atoms with Crippen LogP contribution in [0.2, 0.25) is 0 Å². The predicted octanol–water partition coefficient (Wildman–Crippen LogP) is 1.87. The van der Waals surface area contributed by atoms with Gasteiger partial charge in [-0.05, 0) is 31.4 Å². The van der Waals surface area contributed by atoms with Gasteiger partial charge in [0.25, 0.3) is 0 Å². The van der Waals surface area contributed by atoms with E-state index in [2.05, 4.69) is 36.6 Å². The van der Waals surface area contributed by atoms with Crippen molar-refractivity contribution in [3.8, 4) is 5.82 Å². The summed E-state index contributed by atoms with van der Waals surface area (Å²) in [5.74, 6) is 2.83. The predicted molar refractivity (Wildman–Crippen MR) is 123 cm³/mol. The molecule has 2 aromatic heterocycles. The lowest BCUT2D eigenvalue weighted by atomic mass is 9.79. The van der Waals surface area contributed by atoms with E-state index < -0.39 is 0 Å². The lowest BCUT2D eigenvalue weighted by Crippen LogP contribution is -2.51. The van der Waals surface area contributed by atoms with Gasteiger partial charge in [0.1, 0.15) is 11.6 Å². The Balaban J connectivity index is 0.00000240. The molecule has 0 saturated carbocycles. The van der Waals surface area contributed by atoms with Crippen LogP contribution in [-0.2, 0) is 11.3 Å². The van der Waals surface area contributed by atoms with Gasteiger partial charge in [-0.3, -0.25) is 14.4 Å². The van der Waals surface area contributed by atoms with Crippen LogP contribution in [0, 0.1) is 12.3 Å². The Kier molecular flexibility index (Phi) is 6.76. The van der Waals surface area contributed by atoms with Crippen LogP contribution in [0.4, 0.5) is 0 Å². The number of rotatable bonds is 3. The quantitative estimate of drug-likeness (QED) is 0.375. The highest BCUT2D eigenvalue weighted by molar-refractivity contribution is 14.0. The summed E-state index contributed by atoms with van der Waals surface area (Å²) in [6.07, 6.45) is 8.36. The lowest BCUT2D eigenvalue weighted by molar-refractivity contribution is -0.119. The normalized spacial score (nSPS) is 21.8. The fraction of sp³-hybridized carbons (Fsp3) is 0.500. The number of carbonyl (C=O) groups excluding carboxylic acids is 1. The maximum Gasteiger partial charge on any atom is 0.220 e. The molecule has 0 bridgehead atoms. The molecule has 29 heavy (non-hydrogen) atoms. The van der Waals surface area contributed by atoms with Gasteiger partial charge >= 0.3 is 0 Å². The number of carbonyl (C=O) groups is 1. The minimum absolute atomic E-state index is 0. The molecule has 2 aliphatic rings. The number of amides is 1. The first kappa shape index (κ1) is 21.5. The molecule has 2 aromatic rings. The number of hydrogen-bond donors (Lipinski definition) is 2. The van der Waals surface area contributed by atoms with Crippen LogP contribution in [-0.4, -0.2) is 58.0 Å². The van der Waals surface area contributed by atoms with E-state index in [1.807, 2.05) is 37.0 Å². The van der Waals surface area contributed by atoms with Gasteiger partial charge in [-0.2, -0.15) is 0 Å². The minimum atomic E-state index is 0. The average Bonchev–Trinajstić information content (AvgIpc) is 3.28. The van der Waals surface area contributed by atoms with E-state index in [1.165, 1.54) is 0 Å². The molecule has 0 radical (unpaired) electrons. The molecule has 1 spiro atoms. The fourth-order valence-corrected chi connectivity index (χ4v) is 4.23. The number of aryl methyl sites for hydroxylation is 1. The van der Waals surface area contributed by atoms with Crippen LogP contribution in [0.25, 0.3) is 5.82 Å². The molecule has 4 rings (SSSR count). The van der Waals surface area contributed by atoms with Gasteiger partial charge in [-0.15, -0.1) is 24.0 Å². The highest BCUT2D eigenvalue weighted by atomic mass is 127. The van der Waals surface area contributed by atoms with Gasteiger partial charge in [0.05, 0.1) is 0 Å². The average molecular weight is 509 g/mol. The molecule has 1 unspecified atom stereocenters. The summed E-state index contributed by atoms with van der Waals surface area (Å²) >= 11 is 0. The van der Waals surface area contributed by atoms with Gasteiger partial charge in [-0.1, -0.05) is 6.07 Å². The van der Waals surface area contributed by atoms with Crippen molar-refractivity contribution in [1.82, 2.24) is 30.1 Å². The van der Waals surface area contributed by atoms with Crippen molar-refractivity contribution in [3.63, 3.8) is 0 Å². The number of guanidine groups is 1. The minimum Gasteiger partial charge on any atom is -0.355 e. The first-order chi connectivity index (χ1) is 13.6. The standard InChI is InChI=1S/C20H27N7O.HI/c1-15-22-7-9-27(15)17-5-4-16(11-23-17)12-24-19(21-2)26-8-3-6-20(14-26)10-18(28)25-13-20;/h4-5,7,9,11H,3,6,8,10,12-14H2,1-2H3,(H,21,24)(H,25,28);1H. The summed E-state index contributed by atoms with van der Waals surface area (Å²) in [6, 6.07) is 4.07. The molecule has 4 heterocycles. The van der Waals surface area contributed by atoms with Crippen molar-refractivity contribution in [3.05, 3.63) is 42.1 Å². The van der Waals surface area contributed by atoms with Crippen LogP contribution in [0.5, 0.6) is 0 Å². The van der Waals surface area contributed by atoms with Crippen molar-refractivity contribution in [2.75, 3.05) is 26.7 Å². The second-order valence-electron chi connectivity index (χ2n) is 7.75. The van der Waals surface area contributed by atoms with Crippen LogP contribution in [0.3, 0.4) is 0 Å². The Morgan fingerprint density at radius 3 is 2.86 bits per heavy atom. The van der Waals surface area contributed by atoms with Crippen molar-refractivity contribution in [2.24, 2.45) is 10.4 Å². The summed E-state index contributed by atoms with van der Waals surface area (Å²) in [5.41, 5.74) is 1.14. The third-order valence-electron chi connectivity index (χ3n) is 5.70. The maximum absolute atomic E-state index is 11.7. The van der Waals surface area contributed by atoms with E-state index >= 15 is 0 Å². The van der Waals surface area contributed by atoms with E-state index in [1.54, 1.807) is 6.20 Å². The van der Waals surface area contributed by atoms with Gasteiger partial charge in [0, 0.05) is 63.7 Å². The number of pyridine rings is 1. The molecule has 0 aromatic carbocycles. The topological polar surface area (TPSA) is 87.4 Å². The Hall–Kier alpha value is -2.17. The monoisotopic (exact) mass is 509 g/mol. The molecule has 0 aliphatic carbocycles. The fourth-order valence-electron chi connectivity index (χ4n) is 4.23. The number of aliphatic imine (C=N–C) groups is 1. The van der Waals surface area contributed by atoms with E-state index in [9.17, 15) is 4.79 Å². The Morgan fingerprint density at radius 1 is 1.38 bits per heavy atom. The molecule has 1 atom stereocenters. The van der Waals surface area contributed by atoms with Crippen molar-refractivity contribution >= 4 is 35.8 Å². The van der Waals surface area contributed by atoms with Gasteiger partial charge < -0.3 is 15.5 Å². The number of nitrogens with one attached hydrogen (secondary N) is 2. The molecule has 2 aliphatic heterocycles. The largest absolute Gasteiger partial charge is 0.355 e. The lowest BCUT2D eigenvalue weighted by Gasteiger charge is -2.40. The third-order valence-corrected chi connectivity index (χ3v) is 5.70. The summed E-state index contributed by atoms with van der Waals surface area (Å²) in [4.78, 5) is 27.2. The van der Waals surface area contributed by atoms with Crippen molar-refractivity contribution in [1.29, 1.82) is 0 Å². The van der Waals surface area contributed by atoms with E-state index in [-0.39, 0.29) is 35.3 Å². The molecule has 8 nitrogen and oxygen atoms in total. The second-order valence-corrected chi connectivity index (χ2v) is 7.75. The number of hydrogen-bond acceptors (Lipinski definition) is 4. The molecule has 2 saturated heterocycles. The molecule has 1 amide bonds. The van der Waals surface area contributed by atoms with Gasteiger partial charge in [0.15, 0.2) is 5.96 Å². The number of aromatic nitrogens is 3. The van der Waals surface area contributed by atoms with Crippen LogP contribution < -0.4 is 10.6 Å². The Labute approximate surface area is 188 Å². The van der Waals surface area contributed by atoms with Crippen LogP contribution in [0.1, 0.15) is 30.7 Å².